The number of nitrogens with zero attached hydrogens (tertiary/aromatic N) is 3. The number of piperazine rings is 1. The van der Waals surface area contributed by atoms with Crippen LogP contribution >= 0.6 is 0 Å². The average molecular weight is 340 g/mol. The molecule has 7 nitrogen and oxygen atoms in total. The molecule has 3 rings (SSSR count). The fraction of sp³-hybridized carbons (Fsp3) is 0.389. The predicted molar refractivity (Wildman–Crippen MR) is 99.7 cm³/mol. The zero-order valence-corrected chi connectivity index (χ0v) is 14.6. The lowest BCUT2D eigenvalue weighted by Gasteiger charge is -2.28. The van der Waals surface area contributed by atoms with Gasteiger partial charge in [-0.3, -0.25) is 5.41 Å². The highest BCUT2D eigenvalue weighted by atomic mass is 16.5. The van der Waals surface area contributed by atoms with Crippen molar-refractivity contribution < 1.29 is 4.74 Å². The summed E-state index contributed by atoms with van der Waals surface area (Å²) in [4.78, 5) is 10.8. The molecule has 2 aromatic rings. The van der Waals surface area contributed by atoms with Crippen LogP contribution in [0.2, 0.25) is 0 Å². The van der Waals surface area contributed by atoms with Crippen molar-refractivity contribution in [1.82, 2.24) is 15.3 Å². The second-order valence-electron chi connectivity index (χ2n) is 6.29. The largest absolute Gasteiger partial charge is 0.491 e. The van der Waals surface area contributed by atoms with E-state index in [1.807, 2.05) is 26.0 Å². The number of hydrogen-bond acceptors (Lipinski definition) is 7. The van der Waals surface area contributed by atoms with Crippen LogP contribution in [0, 0.1) is 5.41 Å². The van der Waals surface area contributed by atoms with E-state index in [2.05, 4.69) is 20.2 Å². The summed E-state index contributed by atoms with van der Waals surface area (Å²) in [5, 5.41) is 11.9. The van der Waals surface area contributed by atoms with Crippen LogP contribution in [-0.2, 0) is 0 Å². The summed E-state index contributed by atoms with van der Waals surface area (Å²) in [5.41, 5.74) is 8.05. The molecule has 7 heteroatoms. The zero-order valence-electron chi connectivity index (χ0n) is 14.6. The summed E-state index contributed by atoms with van der Waals surface area (Å²) in [6.45, 7) is 7.57. The van der Waals surface area contributed by atoms with Gasteiger partial charge in [-0.1, -0.05) is 0 Å². The van der Waals surface area contributed by atoms with Crippen molar-refractivity contribution in [2.45, 2.75) is 20.0 Å². The second kappa shape index (κ2) is 7.48. The van der Waals surface area contributed by atoms with Gasteiger partial charge in [-0.2, -0.15) is 0 Å². The summed E-state index contributed by atoms with van der Waals surface area (Å²) in [5.74, 6) is 1.53. The molecule has 2 heterocycles. The Hall–Kier alpha value is -2.67. The fourth-order valence-corrected chi connectivity index (χ4v) is 2.79. The van der Waals surface area contributed by atoms with Gasteiger partial charge in [-0.15, -0.1) is 0 Å². The van der Waals surface area contributed by atoms with Gasteiger partial charge in [0.2, 0.25) is 0 Å². The van der Waals surface area contributed by atoms with Gasteiger partial charge in [0.05, 0.1) is 17.5 Å². The Kier molecular flexibility index (Phi) is 5.14. The molecule has 1 fully saturated rings. The number of aromatic nitrogens is 2. The summed E-state index contributed by atoms with van der Waals surface area (Å²) >= 11 is 0. The fourth-order valence-electron chi connectivity index (χ4n) is 2.79. The lowest BCUT2D eigenvalue weighted by atomic mass is 10.0. The third-order valence-electron chi connectivity index (χ3n) is 4.02. The minimum Gasteiger partial charge on any atom is -0.491 e. The molecule has 25 heavy (non-hydrogen) atoms. The molecule has 0 aliphatic carbocycles. The minimum atomic E-state index is 0.0593. The van der Waals surface area contributed by atoms with Crippen molar-refractivity contribution in [3.05, 3.63) is 41.9 Å². The first kappa shape index (κ1) is 17.2. The van der Waals surface area contributed by atoms with Crippen molar-refractivity contribution in [2.24, 2.45) is 0 Å². The number of nitrogens with one attached hydrogen (secondary N) is 2. The van der Waals surface area contributed by atoms with Gasteiger partial charge in [-0.05, 0) is 32.0 Å². The molecule has 0 spiro atoms. The van der Waals surface area contributed by atoms with E-state index in [4.69, 9.17) is 15.9 Å². The van der Waals surface area contributed by atoms with Gasteiger partial charge >= 0.3 is 0 Å². The molecule has 1 saturated heterocycles. The topological polar surface area (TPSA) is 100 Å². The molecule has 4 N–H and O–H groups in total. The highest BCUT2D eigenvalue weighted by Crippen LogP contribution is 2.24. The molecular formula is C18H24N6O. The molecule has 0 amide bonds. The first-order valence-corrected chi connectivity index (χ1v) is 8.48. The minimum absolute atomic E-state index is 0.0593. The van der Waals surface area contributed by atoms with E-state index >= 15 is 0 Å². The maximum Gasteiger partial charge on any atom is 0.132 e. The number of nitrogen functional groups attached to an aromatic ring is 1. The van der Waals surface area contributed by atoms with Crippen LogP contribution in [0.1, 0.15) is 25.1 Å². The third kappa shape index (κ3) is 4.06. The van der Waals surface area contributed by atoms with E-state index in [1.165, 1.54) is 6.33 Å². The number of anilines is 2. The van der Waals surface area contributed by atoms with Crippen LogP contribution in [-0.4, -0.2) is 48.0 Å². The number of benzene rings is 1. The van der Waals surface area contributed by atoms with E-state index < -0.39 is 0 Å². The van der Waals surface area contributed by atoms with Gasteiger partial charge in [0.25, 0.3) is 0 Å². The van der Waals surface area contributed by atoms with E-state index in [-0.39, 0.29) is 11.8 Å². The first-order valence-electron chi connectivity index (χ1n) is 8.48. The molecule has 1 aromatic heterocycles. The summed E-state index contributed by atoms with van der Waals surface area (Å²) in [7, 11) is 0. The maximum absolute atomic E-state index is 8.54. The van der Waals surface area contributed by atoms with Gasteiger partial charge in [0.1, 0.15) is 17.9 Å². The molecule has 0 saturated carbocycles. The lowest BCUT2D eigenvalue weighted by molar-refractivity contribution is 0.242. The van der Waals surface area contributed by atoms with Gasteiger partial charge in [-0.25, -0.2) is 9.97 Å². The molecule has 0 radical (unpaired) electrons. The highest BCUT2D eigenvalue weighted by Gasteiger charge is 2.16. The van der Waals surface area contributed by atoms with Crippen LogP contribution in [0.3, 0.4) is 0 Å². The Morgan fingerprint density at radius 2 is 2.00 bits per heavy atom. The summed E-state index contributed by atoms with van der Waals surface area (Å²) in [6, 6.07) is 7.23. The molecule has 1 aromatic carbocycles. The van der Waals surface area contributed by atoms with Gasteiger partial charge < -0.3 is 20.7 Å². The van der Waals surface area contributed by atoms with Gasteiger partial charge in [0, 0.05) is 43.5 Å². The number of rotatable bonds is 5. The monoisotopic (exact) mass is 340 g/mol. The second-order valence-corrected chi connectivity index (χ2v) is 6.29. The summed E-state index contributed by atoms with van der Waals surface area (Å²) < 4.78 is 5.71. The quantitative estimate of drug-likeness (QED) is 0.565. The van der Waals surface area contributed by atoms with Crippen LogP contribution in [0.5, 0.6) is 5.75 Å². The van der Waals surface area contributed by atoms with E-state index in [1.54, 1.807) is 12.1 Å². The summed E-state index contributed by atoms with van der Waals surface area (Å²) in [6.07, 6.45) is 1.57. The van der Waals surface area contributed by atoms with Crippen molar-refractivity contribution in [1.29, 1.82) is 5.41 Å². The van der Waals surface area contributed by atoms with Crippen LogP contribution in [0.4, 0.5) is 11.5 Å². The molecule has 0 bridgehead atoms. The van der Waals surface area contributed by atoms with Crippen LogP contribution < -0.4 is 20.7 Å². The van der Waals surface area contributed by atoms with Crippen molar-refractivity contribution in [2.75, 3.05) is 36.8 Å². The lowest BCUT2D eigenvalue weighted by Crippen LogP contribution is -2.44. The third-order valence-corrected chi connectivity index (χ3v) is 4.02. The predicted octanol–water partition coefficient (Wildman–Crippen LogP) is 1.67. The number of nitrogens with two attached hydrogens (primary N) is 1. The van der Waals surface area contributed by atoms with Crippen molar-refractivity contribution in [3.8, 4) is 5.75 Å². The van der Waals surface area contributed by atoms with E-state index in [9.17, 15) is 0 Å². The highest BCUT2D eigenvalue weighted by molar-refractivity contribution is 6.13. The molecule has 1 aliphatic heterocycles. The van der Waals surface area contributed by atoms with Crippen LogP contribution in [0.25, 0.3) is 0 Å². The van der Waals surface area contributed by atoms with Crippen molar-refractivity contribution >= 4 is 17.2 Å². The SMILES string of the molecule is CC(C)Oc1ccc(N)c(C(=N)c2cc(N3CCNCC3)ncn2)c1. The normalized spacial score (nSPS) is 14.6. The standard InChI is InChI=1S/C18H24N6O/c1-12(2)25-13-3-4-15(19)14(9-13)18(20)16-10-17(23-11-22-16)24-7-5-21-6-8-24/h3-4,9-12,20-21H,5-8,19H2,1-2H3. The number of hydrogen-bond donors (Lipinski definition) is 3. The van der Waals surface area contributed by atoms with Crippen LogP contribution in [0.15, 0.2) is 30.6 Å². The van der Waals surface area contributed by atoms with E-state index in [0.29, 0.717) is 22.7 Å². The molecule has 1 aliphatic rings. The van der Waals surface area contributed by atoms with Gasteiger partial charge in [0.15, 0.2) is 0 Å². The Balaban J connectivity index is 1.87. The van der Waals surface area contributed by atoms with E-state index in [0.717, 1.165) is 32.0 Å². The Morgan fingerprint density at radius 1 is 1.24 bits per heavy atom. The average Bonchev–Trinajstić information content (AvgIpc) is 2.63. The van der Waals surface area contributed by atoms with Crippen molar-refractivity contribution in [3.63, 3.8) is 0 Å². The smallest absolute Gasteiger partial charge is 0.132 e. The zero-order chi connectivity index (χ0) is 17.8. The molecule has 132 valence electrons. The Morgan fingerprint density at radius 3 is 2.72 bits per heavy atom. The first-order chi connectivity index (χ1) is 12.0. The Labute approximate surface area is 147 Å². The molecule has 0 atom stereocenters. The Bertz CT molecular complexity index is 755. The molecule has 0 unspecified atom stereocenters. The maximum atomic E-state index is 8.54. The number of ether oxygens (including phenoxy) is 1. The molecular weight excluding hydrogens is 316 g/mol.